The first-order valence-corrected chi connectivity index (χ1v) is 19.7. The van der Waals surface area contributed by atoms with Crippen LogP contribution in [0.5, 0.6) is 5.75 Å². The number of carbonyl (C=O) groups excluding carboxylic acids is 4. The number of aromatic hydroxyl groups is 1. The fourth-order valence-corrected chi connectivity index (χ4v) is 10.1. The number of hydrogen-bond donors (Lipinski definition) is 2. The van der Waals surface area contributed by atoms with Crippen LogP contribution in [0.4, 0.5) is 41.7 Å². The average Bonchev–Trinajstić information content (AvgIpc) is 3.59. The molecule has 2 aliphatic heterocycles. The number of hydrogen-bond acceptors (Lipinski definition) is 12. The number of aromatic nitrogens is 1. The number of phenols is 1. The number of phenolic OH excluding ortho intramolecular Hbond substituents is 1. The minimum absolute atomic E-state index is 0.0414. The molecule has 2 saturated heterocycles. The van der Waals surface area contributed by atoms with Crippen LogP contribution in [-0.2, 0) is 30.8 Å². The van der Waals surface area contributed by atoms with Crippen molar-refractivity contribution >= 4 is 87.0 Å². The smallest absolute Gasteiger partial charge is 0.417 e. The second kappa shape index (κ2) is 14.9. The molecule has 1 aromatic heterocycles. The maximum atomic E-state index is 15.4. The highest BCUT2D eigenvalue weighted by Crippen LogP contribution is 2.65. The lowest BCUT2D eigenvalue weighted by Gasteiger charge is -2.50. The van der Waals surface area contributed by atoms with E-state index in [0.29, 0.717) is 27.7 Å². The van der Waals surface area contributed by atoms with Crippen LogP contribution < -0.4 is 15.2 Å². The van der Waals surface area contributed by atoms with E-state index in [1.165, 1.54) is 56.6 Å². The van der Waals surface area contributed by atoms with Gasteiger partial charge in [-0.1, -0.05) is 58.6 Å². The summed E-state index contributed by atoms with van der Waals surface area (Å²) in [5, 5.41) is 36.4. The Morgan fingerprint density at radius 1 is 0.887 bits per heavy atom. The Morgan fingerprint density at radius 3 is 2.10 bits per heavy atom. The first-order chi connectivity index (χ1) is 29.2. The number of rotatable bonds is 8. The van der Waals surface area contributed by atoms with Crippen molar-refractivity contribution in [1.82, 2.24) is 9.99 Å². The summed E-state index contributed by atoms with van der Waals surface area (Å²) in [4.78, 5) is 87.7. The van der Waals surface area contributed by atoms with Crippen LogP contribution in [-0.4, -0.2) is 62.7 Å². The molecule has 8 rings (SSSR count). The van der Waals surface area contributed by atoms with Crippen LogP contribution in [0.25, 0.3) is 0 Å². The number of fused-ring (bicyclic) bond motifs is 4. The highest BCUT2D eigenvalue weighted by Gasteiger charge is 2.71. The van der Waals surface area contributed by atoms with E-state index < -0.39 is 108 Å². The fourth-order valence-electron chi connectivity index (χ4n) is 9.59. The third kappa shape index (κ3) is 6.39. The molecule has 0 unspecified atom stereocenters. The number of carbonyl (C=O) groups is 4. The second-order valence-electron chi connectivity index (χ2n) is 15.4. The summed E-state index contributed by atoms with van der Waals surface area (Å²) in [7, 11) is 2.70. The highest BCUT2D eigenvalue weighted by molar-refractivity contribution is 6.33. The Morgan fingerprint density at radius 2 is 1.52 bits per heavy atom. The van der Waals surface area contributed by atoms with Crippen LogP contribution in [0.15, 0.2) is 78.5 Å². The molecule has 3 heterocycles. The Hall–Kier alpha value is -6.31. The first-order valence-electron chi connectivity index (χ1n) is 18.5. The van der Waals surface area contributed by atoms with Crippen molar-refractivity contribution in [1.29, 1.82) is 0 Å². The van der Waals surface area contributed by atoms with E-state index in [1.54, 1.807) is 6.08 Å². The maximum Gasteiger partial charge on any atom is 0.417 e. The van der Waals surface area contributed by atoms with Crippen molar-refractivity contribution < 1.29 is 47.3 Å². The van der Waals surface area contributed by atoms with E-state index in [0.717, 1.165) is 17.0 Å². The summed E-state index contributed by atoms with van der Waals surface area (Å²) in [5.41, 5.74) is -2.42. The largest absolute Gasteiger partial charge is 0.508 e. The number of hydrazine groups is 1. The van der Waals surface area contributed by atoms with E-state index in [-0.39, 0.29) is 45.5 Å². The molecule has 1 saturated carbocycles. The standard InChI is InChI=1S/C40H29Cl3F3N7O9/c1-49(2)33-28(52(59)60)13-21(14-29(33)53(61)62)50-35(55)23-9-8-22-24(31(23)37(50)57)15-26-36(56)51(48-34-27(43)11-18(16-47-34)40(44,45)46)38(58)39(26,17-3-5-19(41)6-4-17)32(22)25-12-20(42)7-10-30(25)54/h3-8,10-14,16,23-24,26,31-32,54H,9,15H2,1-2H3,(H,47,48)/t23-,24+,26-,31-,32+,39+/m0/s1. The van der Waals surface area contributed by atoms with E-state index in [1.807, 2.05) is 0 Å². The number of benzene rings is 3. The predicted molar refractivity (Wildman–Crippen MR) is 217 cm³/mol. The zero-order valence-corrected chi connectivity index (χ0v) is 34.2. The van der Waals surface area contributed by atoms with Gasteiger partial charge in [-0.15, -0.1) is 0 Å². The quantitative estimate of drug-likeness (QED) is 0.0750. The van der Waals surface area contributed by atoms with Crippen LogP contribution >= 0.6 is 34.8 Å². The summed E-state index contributed by atoms with van der Waals surface area (Å²) >= 11 is 19.0. The van der Waals surface area contributed by atoms with Crippen molar-refractivity contribution in [3.63, 3.8) is 0 Å². The Labute approximate surface area is 362 Å². The van der Waals surface area contributed by atoms with Gasteiger partial charge >= 0.3 is 17.6 Å². The first kappa shape index (κ1) is 42.4. The van der Waals surface area contributed by atoms with Gasteiger partial charge in [0.25, 0.3) is 11.8 Å². The number of alkyl halides is 3. The molecule has 3 aromatic carbocycles. The minimum Gasteiger partial charge on any atom is -0.508 e. The Kier molecular flexibility index (Phi) is 10.2. The van der Waals surface area contributed by atoms with Gasteiger partial charge in [-0.05, 0) is 60.7 Å². The number of amides is 4. The average molecular weight is 915 g/mol. The van der Waals surface area contributed by atoms with Gasteiger partial charge in [-0.25, -0.2) is 9.88 Å². The predicted octanol–water partition coefficient (Wildman–Crippen LogP) is 7.84. The van der Waals surface area contributed by atoms with Gasteiger partial charge in [0.05, 0.1) is 49.3 Å². The normalized spacial score (nSPS) is 24.4. The van der Waals surface area contributed by atoms with Gasteiger partial charge in [0.1, 0.15) is 5.75 Å². The van der Waals surface area contributed by atoms with Crippen molar-refractivity contribution in [2.24, 2.45) is 23.7 Å². The number of nitrogens with one attached hydrogen (secondary N) is 1. The molecule has 0 radical (unpaired) electrons. The second-order valence-corrected chi connectivity index (χ2v) is 16.7. The molecule has 2 N–H and O–H groups in total. The van der Waals surface area contributed by atoms with Crippen molar-refractivity contribution in [3.05, 3.63) is 130 Å². The third-order valence-corrected chi connectivity index (χ3v) is 12.8. The number of nitrogens with zero attached hydrogens (tertiary/aromatic N) is 6. The van der Waals surface area contributed by atoms with Gasteiger partial charge in [-0.3, -0.25) is 44.8 Å². The van der Waals surface area contributed by atoms with Crippen LogP contribution in [0.1, 0.15) is 35.4 Å². The lowest BCUT2D eigenvalue weighted by Crippen LogP contribution is -2.53. The van der Waals surface area contributed by atoms with Crippen molar-refractivity contribution in [3.8, 4) is 5.75 Å². The molecule has 6 atom stereocenters. The van der Waals surface area contributed by atoms with Crippen LogP contribution in [0.2, 0.25) is 15.1 Å². The molecule has 320 valence electrons. The lowest BCUT2D eigenvalue weighted by atomic mass is 9.49. The molecule has 0 bridgehead atoms. The zero-order chi connectivity index (χ0) is 44.9. The Bertz CT molecular complexity index is 2670. The SMILES string of the molecule is CN(C)c1c([N+](=O)[O-])cc(N2C(=O)[C@H]3[C@H](CC=C4[C@H]3C[C@H]3C(=O)N(Nc5ncc(C(F)(F)F)cc5Cl)C(=O)[C@@]3(c3ccc(Cl)cc3)[C@H]4c3cc(Cl)ccc3O)C2=O)cc1[N+](=O)[O-]. The van der Waals surface area contributed by atoms with Gasteiger partial charge in [0, 0.05) is 54.0 Å². The summed E-state index contributed by atoms with van der Waals surface area (Å²) in [5.74, 6) is -10.7. The van der Waals surface area contributed by atoms with E-state index in [9.17, 15) is 52.9 Å². The molecule has 62 heavy (non-hydrogen) atoms. The molecule has 4 amide bonds. The molecule has 22 heteroatoms. The number of halogens is 6. The topological polar surface area (TPSA) is 209 Å². The summed E-state index contributed by atoms with van der Waals surface area (Å²) in [6.45, 7) is 0. The molecule has 4 aromatic rings. The van der Waals surface area contributed by atoms with Gasteiger partial charge < -0.3 is 10.0 Å². The molecular weight excluding hydrogens is 886 g/mol. The van der Waals surface area contributed by atoms with Crippen molar-refractivity contribution in [2.45, 2.75) is 30.4 Å². The third-order valence-electron chi connectivity index (χ3n) is 12.0. The summed E-state index contributed by atoms with van der Waals surface area (Å²) in [6.07, 6.45) is -3.20. The summed E-state index contributed by atoms with van der Waals surface area (Å²) in [6, 6.07) is 12.3. The molecule has 4 aliphatic rings. The molecule has 16 nitrogen and oxygen atoms in total. The molecular formula is C40H29Cl3F3N7O9. The molecule has 0 spiro atoms. The van der Waals surface area contributed by atoms with Crippen molar-refractivity contribution in [2.75, 3.05) is 29.3 Å². The number of anilines is 3. The number of allylic oxidation sites excluding steroid dienone is 2. The number of nitro benzene ring substituents is 2. The fraction of sp³-hybridized carbons (Fsp3) is 0.275. The van der Waals surface area contributed by atoms with Gasteiger partial charge in [0.15, 0.2) is 11.5 Å². The number of nitro groups is 2. The number of pyridine rings is 1. The lowest BCUT2D eigenvalue weighted by molar-refractivity contribution is -0.392. The van der Waals surface area contributed by atoms with Crippen LogP contribution in [0, 0.1) is 43.9 Å². The molecule has 3 fully saturated rings. The van der Waals surface area contributed by atoms with Gasteiger partial charge in [0.2, 0.25) is 11.8 Å². The Balaban J connectivity index is 1.31. The van der Waals surface area contributed by atoms with Crippen LogP contribution in [0.3, 0.4) is 0 Å². The van der Waals surface area contributed by atoms with E-state index >= 15 is 4.79 Å². The zero-order valence-electron chi connectivity index (χ0n) is 31.9. The minimum atomic E-state index is -4.83. The summed E-state index contributed by atoms with van der Waals surface area (Å²) < 4.78 is 40.6. The maximum absolute atomic E-state index is 15.4. The van der Waals surface area contributed by atoms with E-state index in [4.69, 9.17) is 34.8 Å². The molecule has 2 aliphatic carbocycles. The van der Waals surface area contributed by atoms with Gasteiger partial charge in [-0.2, -0.15) is 18.2 Å². The highest BCUT2D eigenvalue weighted by atomic mass is 35.5. The monoisotopic (exact) mass is 913 g/mol. The van der Waals surface area contributed by atoms with E-state index in [2.05, 4.69) is 10.4 Å². The number of imide groups is 2.